The van der Waals surface area contributed by atoms with Crippen molar-refractivity contribution in [1.82, 2.24) is 0 Å². The van der Waals surface area contributed by atoms with E-state index in [0.29, 0.717) is 17.8 Å². The Labute approximate surface area is 198 Å². The van der Waals surface area contributed by atoms with E-state index < -0.39 is 0 Å². The van der Waals surface area contributed by atoms with Crippen molar-refractivity contribution in [1.29, 1.82) is 0 Å². The Hall–Kier alpha value is -1.81. The normalized spacial score (nSPS) is 14.8. The molecule has 3 heterocycles. The number of thioether (sulfide) groups is 1. The summed E-state index contributed by atoms with van der Waals surface area (Å²) in [6.45, 7) is 18.0. The smallest absolute Gasteiger partial charge is 0.160 e. The van der Waals surface area contributed by atoms with Gasteiger partial charge in [-0.05, 0) is 65.8 Å². The maximum atomic E-state index is 6.09. The van der Waals surface area contributed by atoms with Crippen LogP contribution in [0.15, 0.2) is 55.1 Å². The lowest BCUT2D eigenvalue weighted by Crippen LogP contribution is -2.20. The van der Waals surface area contributed by atoms with Gasteiger partial charge < -0.3 is 13.3 Å². The van der Waals surface area contributed by atoms with Crippen LogP contribution in [-0.4, -0.2) is 6.26 Å². The molecule has 3 nitrogen and oxygen atoms in total. The highest BCUT2D eigenvalue weighted by atomic mass is 32.2. The minimum atomic E-state index is -0.0558. The van der Waals surface area contributed by atoms with Crippen molar-refractivity contribution in [2.24, 2.45) is 0 Å². The standard InChI is InChI=1S/C28H40O3S/c1-18(2)23-12-21(16-29-23)19(3)14-27(5,6)22-13-24(30-17-22)20(4)15-28(7,8)25-10-11-26(31-25)32-9/h10-13,16-20H,14-15H2,1-9H3. The topological polar surface area (TPSA) is 39.4 Å². The molecular formula is C28H40O3S. The Morgan fingerprint density at radius 2 is 1.47 bits per heavy atom. The fraction of sp³-hybridized carbons (Fsp3) is 0.571. The van der Waals surface area contributed by atoms with E-state index in [4.69, 9.17) is 13.3 Å². The number of hydrogen-bond acceptors (Lipinski definition) is 4. The van der Waals surface area contributed by atoms with Crippen molar-refractivity contribution in [3.8, 4) is 0 Å². The van der Waals surface area contributed by atoms with Crippen LogP contribution in [0, 0.1) is 0 Å². The lowest BCUT2D eigenvalue weighted by molar-refractivity contribution is 0.306. The lowest BCUT2D eigenvalue weighted by atomic mass is 9.76. The summed E-state index contributed by atoms with van der Waals surface area (Å²) in [5.41, 5.74) is 2.50. The van der Waals surface area contributed by atoms with E-state index in [0.717, 1.165) is 35.2 Å². The van der Waals surface area contributed by atoms with Crippen LogP contribution in [-0.2, 0) is 10.8 Å². The molecule has 0 aliphatic rings. The highest BCUT2D eigenvalue weighted by molar-refractivity contribution is 7.98. The molecule has 0 spiro atoms. The molecule has 0 bridgehead atoms. The van der Waals surface area contributed by atoms with Gasteiger partial charge in [-0.15, -0.1) is 0 Å². The third kappa shape index (κ3) is 5.57. The van der Waals surface area contributed by atoms with Crippen molar-refractivity contribution < 1.29 is 13.3 Å². The maximum Gasteiger partial charge on any atom is 0.160 e. The summed E-state index contributed by atoms with van der Waals surface area (Å²) < 4.78 is 17.9. The van der Waals surface area contributed by atoms with Crippen molar-refractivity contribution in [3.05, 3.63) is 65.2 Å². The van der Waals surface area contributed by atoms with Crippen molar-refractivity contribution >= 4 is 11.8 Å². The molecule has 0 aliphatic heterocycles. The number of furan rings is 3. The van der Waals surface area contributed by atoms with E-state index in [2.05, 4.69) is 79.7 Å². The molecule has 0 saturated heterocycles. The Bertz CT molecular complexity index is 1000. The number of hydrogen-bond donors (Lipinski definition) is 0. The predicted molar refractivity (Wildman–Crippen MR) is 134 cm³/mol. The molecule has 32 heavy (non-hydrogen) atoms. The van der Waals surface area contributed by atoms with Gasteiger partial charge >= 0.3 is 0 Å². The molecular weight excluding hydrogens is 416 g/mol. The van der Waals surface area contributed by atoms with Gasteiger partial charge in [0.2, 0.25) is 0 Å². The first-order valence-corrected chi connectivity index (χ1v) is 13.0. The Balaban J connectivity index is 1.68. The van der Waals surface area contributed by atoms with Gasteiger partial charge in [-0.1, -0.05) is 67.2 Å². The second-order valence-corrected chi connectivity index (χ2v) is 11.8. The van der Waals surface area contributed by atoms with Crippen LogP contribution in [0.5, 0.6) is 0 Å². The molecule has 3 rings (SSSR count). The molecule has 4 heteroatoms. The molecule has 0 fully saturated rings. The van der Waals surface area contributed by atoms with Crippen molar-refractivity contribution in [3.63, 3.8) is 0 Å². The van der Waals surface area contributed by atoms with Gasteiger partial charge in [-0.25, -0.2) is 0 Å². The van der Waals surface area contributed by atoms with Gasteiger partial charge in [0.05, 0.1) is 12.5 Å². The largest absolute Gasteiger partial charge is 0.469 e. The second-order valence-electron chi connectivity index (χ2n) is 11.0. The third-order valence-corrected chi connectivity index (χ3v) is 7.37. The molecule has 0 radical (unpaired) electrons. The molecule has 3 aromatic rings. The van der Waals surface area contributed by atoms with E-state index in [1.165, 1.54) is 11.1 Å². The summed E-state index contributed by atoms with van der Waals surface area (Å²) >= 11 is 1.64. The third-order valence-electron chi connectivity index (χ3n) is 6.75. The Kier molecular flexibility index (Phi) is 7.44. The quantitative estimate of drug-likeness (QED) is 0.285. The molecule has 2 atom stereocenters. The van der Waals surface area contributed by atoms with Crippen LogP contribution in [0.3, 0.4) is 0 Å². The monoisotopic (exact) mass is 456 g/mol. The molecule has 0 aliphatic carbocycles. The van der Waals surface area contributed by atoms with Crippen LogP contribution in [0.25, 0.3) is 0 Å². The van der Waals surface area contributed by atoms with E-state index in [-0.39, 0.29) is 10.8 Å². The highest BCUT2D eigenvalue weighted by Crippen LogP contribution is 2.40. The molecule has 2 unspecified atom stereocenters. The summed E-state index contributed by atoms with van der Waals surface area (Å²) in [6.07, 6.45) is 7.93. The van der Waals surface area contributed by atoms with Gasteiger partial charge in [0, 0.05) is 17.3 Å². The fourth-order valence-electron chi connectivity index (χ4n) is 4.66. The van der Waals surface area contributed by atoms with Crippen molar-refractivity contribution in [2.75, 3.05) is 6.26 Å². The molecule has 0 N–H and O–H groups in total. The second kappa shape index (κ2) is 9.59. The molecule has 0 amide bonds. The maximum absolute atomic E-state index is 6.09. The van der Waals surface area contributed by atoms with Crippen LogP contribution in [0.1, 0.15) is 114 Å². The summed E-state index contributed by atoms with van der Waals surface area (Å²) in [6, 6.07) is 8.65. The average molecular weight is 457 g/mol. The summed E-state index contributed by atoms with van der Waals surface area (Å²) in [7, 11) is 0. The zero-order valence-electron chi connectivity index (χ0n) is 21.2. The molecule has 0 saturated carbocycles. The first-order valence-electron chi connectivity index (χ1n) is 11.7. The SMILES string of the molecule is CSc1ccc(C(C)(C)CC(C)c2cc(C(C)(C)CC(C)c3coc(C(C)C)c3)co2)o1. The molecule has 0 aromatic carbocycles. The lowest BCUT2D eigenvalue weighted by Gasteiger charge is -2.27. The van der Waals surface area contributed by atoms with Gasteiger partial charge in [0.15, 0.2) is 5.09 Å². The zero-order valence-corrected chi connectivity index (χ0v) is 22.1. The Morgan fingerprint density at radius 1 is 0.812 bits per heavy atom. The minimum absolute atomic E-state index is 0.0138. The molecule has 176 valence electrons. The summed E-state index contributed by atoms with van der Waals surface area (Å²) in [4.78, 5) is 0. The first-order chi connectivity index (χ1) is 14.9. The van der Waals surface area contributed by atoms with E-state index in [9.17, 15) is 0 Å². The van der Waals surface area contributed by atoms with Crippen LogP contribution in [0.4, 0.5) is 0 Å². The van der Waals surface area contributed by atoms with Gasteiger partial charge in [0.1, 0.15) is 17.3 Å². The highest BCUT2D eigenvalue weighted by Gasteiger charge is 2.31. The number of rotatable bonds is 10. The van der Waals surface area contributed by atoms with Gasteiger partial charge in [-0.3, -0.25) is 0 Å². The average Bonchev–Trinajstić information content (AvgIpc) is 3.47. The zero-order chi connectivity index (χ0) is 23.7. The van der Waals surface area contributed by atoms with Crippen LogP contribution >= 0.6 is 11.8 Å². The van der Waals surface area contributed by atoms with E-state index >= 15 is 0 Å². The van der Waals surface area contributed by atoms with E-state index in [1.54, 1.807) is 11.8 Å². The van der Waals surface area contributed by atoms with Gasteiger partial charge in [-0.2, -0.15) is 0 Å². The first kappa shape index (κ1) is 24.8. The van der Waals surface area contributed by atoms with Gasteiger partial charge in [0.25, 0.3) is 0 Å². The van der Waals surface area contributed by atoms with Crippen LogP contribution in [0.2, 0.25) is 0 Å². The minimum Gasteiger partial charge on any atom is -0.469 e. The Morgan fingerprint density at radius 3 is 2.06 bits per heavy atom. The molecule has 3 aromatic heterocycles. The van der Waals surface area contributed by atoms with E-state index in [1.807, 2.05) is 18.8 Å². The summed E-state index contributed by atoms with van der Waals surface area (Å²) in [5, 5.41) is 0.968. The van der Waals surface area contributed by atoms with Crippen LogP contribution < -0.4 is 0 Å². The fourth-order valence-corrected chi connectivity index (χ4v) is 5.03. The predicted octanol–water partition coefficient (Wildman–Crippen LogP) is 9.25. The van der Waals surface area contributed by atoms with Crippen molar-refractivity contribution in [2.45, 2.75) is 102 Å². The summed E-state index contributed by atoms with van der Waals surface area (Å²) in [5.74, 6) is 4.29.